The Balaban J connectivity index is 2.27. The Kier molecular flexibility index (Phi) is 3.66. The molecule has 1 aromatic rings. The van der Waals surface area contributed by atoms with Crippen LogP contribution < -0.4 is 4.74 Å². The molecule has 16 heavy (non-hydrogen) atoms. The summed E-state index contributed by atoms with van der Waals surface area (Å²) < 4.78 is 5.24. The molecule has 1 saturated carbocycles. The zero-order valence-corrected chi connectivity index (χ0v) is 11.1. The van der Waals surface area contributed by atoms with E-state index < -0.39 is 0 Å². The van der Waals surface area contributed by atoms with Crippen molar-refractivity contribution in [1.82, 2.24) is 0 Å². The van der Waals surface area contributed by atoms with Crippen LogP contribution in [0.4, 0.5) is 0 Å². The van der Waals surface area contributed by atoms with Gasteiger partial charge in [-0.2, -0.15) is 0 Å². The minimum atomic E-state index is 0.298. The molecule has 0 N–H and O–H groups in total. The molecule has 0 aromatic heterocycles. The molecule has 0 amide bonds. The van der Waals surface area contributed by atoms with Gasteiger partial charge in [-0.05, 0) is 42.4 Å². The van der Waals surface area contributed by atoms with E-state index >= 15 is 0 Å². The summed E-state index contributed by atoms with van der Waals surface area (Å²) in [5.74, 6) is 1.81. The number of rotatable bonds is 2. The molecule has 1 fully saturated rings. The highest BCUT2D eigenvalue weighted by Gasteiger charge is 2.32. The lowest BCUT2D eigenvalue weighted by molar-refractivity contribution is 0.413. The van der Waals surface area contributed by atoms with Crippen molar-refractivity contribution in [1.29, 1.82) is 0 Å². The minimum absolute atomic E-state index is 0.298. The molecular weight excluding hydrogens is 243 g/mol. The molecule has 1 aliphatic carbocycles. The van der Waals surface area contributed by atoms with Crippen molar-refractivity contribution in [3.8, 4) is 5.75 Å². The van der Waals surface area contributed by atoms with Gasteiger partial charge in [0.1, 0.15) is 5.75 Å². The van der Waals surface area contributed by atoms with Crippen LogP contribution >= 0.6 is 23.2 Å². The highest BCUT2D eigenvalue weighted by molar-refractivity contribution is 6.32. The maximum absolute atomic E-state index is 6.25. The Morgan fingerprint density at radius 1 is 1.31 bits per heavy atom. The lowest BCUT2D eigenvalue weighted by atomic mass is 9.90. The molecule has 0 spiro atoms. The van der Waals surface area contributed by atoms with Crippen molar-refractivity contribution in [3.05, 3.63) is 28.8 Å². The fourth-order valence-electron chi connectivity index (χ4n) is 2.49. The fraction of sp³-hybridized carbons (Fsp3) is 0.538. The molecule has 1 aliphatic rings. The Bertz CT molecular complexity index is 378. The van der Waals surface area contributed by atoms with Crippen molar-refractivity contribution >= 4 is 23.2 Å². The normalized spacial score (nSPS) is 29.4. The first-order valence-electron chi connectivity index (χ1n) is 5.61. The number of alkyl halides is 1. The van der Waals surface area contributed by atoms with E-state index in [1.54, 1.807) is 7.11 Å². The molecule has 0 saturated heterocycles. The van der Waals surface area contributed by atoms with Crippen molar-refractivity contribution in [2.75, 3.05) is 7.11 Å². The molecule has 0 aliphatic heterocycles. The highest BCUT2D eigenvalue weighted by atomic mass is 35.5. The molecule has 1 aromatic carbocycles. The van der Waals surface area contributed by atoms with E-state index in [4.69, 9.17) is 27.9 Å². The second kappa shape index (κ2) is 4.85. The van der Waals surface area contributed by atoms with E-state index in [2.05, 4.69) is 13.0 Å². The first-order valence-corrected chi connectivity index (χ1v) is 6.42. The van der Waals surface area contributed by atoms with Crippen molar-refractivity contribution in [2.24, 2.45) is 5.92 Å². The molecule has 88 valence electrons. The van der Waals surface area contributed by atoms with Crippen LogP contribution in [0.1, 0.15) is 31.2 Å². The second-order valence-electron chi connectivity index (χ2n) is 4.45. The number of halogens is 2. The van der Waals surface area contributed by atoms with Crippen LogP contribution in [0.2, 0.25) is 5.02 Å². The number of hydrogen-bond donors (Lipinski definition) is 0. The van der Waals surface area contributed by atoms with Gasteiger partial charge >= 0.3 is 0 Å². The number of ether oxygens (including phenoxy) is 1. The quantitative estimate of drug-likeness (QED) is 0.712. The third-order valence-corrected chi connectivity index (χ3v) is 4.49. The van der Waals surface area contributed by atoms with Gasteiger partial charge in [-0.25, -0.2) is 0 Å². The molecule has 3 unspecified atom stereocenters. The van der Waals surface area contributed by atoms with Gasteiger partial charge in [-0.15, -0.1) is 11.6 Å². The summed E-state index contributed by atoms with van der Waals surface area (Å²) in [4.78, 5) is 0. The van der Waals surface area contributed by atoms with E-state index in [0.29, 0.717) is 22.2 Å². The Morgan fingerprint density at radius 3 is 2.62 bits per heavy atom. The van der Waals surface area contributed by atoms with Gasteiger partial charge in [0.15, 0.2) is 0 Å². The standard InChI is InChI=1S/C13H16Cl2O/c1-8-10(4-6-11(8)14)9-3-5-12(15)13(7-9)16-2/h3,5,7-8,10-11H,4,6H2,1-2H3. The lowest BCUT2D eigenvalue weighted by Crippen LogP contribution is -2.09. The molecule has 0 radical (unpaired) electrons. The number of benzene rings is 1. The highest BCUT2D eigenvalue weighted by Crippen LogP contribution is 2.43. The Labute approximate surface area is 107 Å². The zero-order chi connectivity index (χ0) is 11.7. The summed E-state index contributed by atoms with van der Waals surface area (Å²) in [6.45, 7) is 2.22. The van der Waals surface area contributed by atoms with Gasteiger partial charge in [-0.3, -0.25) is 0 Å². The third-order valence-electron chi connectivity index (χ3n) is 3.56. The zero-order valence-electron chi connectivity index (χ0n) is 9.54. The molecular formula is C13H16Cl2O. The first kappa shape index (κ1) is 12.1. The average Bonchev–Trinajstić information content (AvgIpc) is 2.61. The predicted octanol–water partition coefficient (Wildman–Crippen LogP) is 4.47. The van der Waals surface area contributed by atoms with Gasteiger partial charge in [-0.1, -0.05) is 24.6 Å². The van der Waals surface area contributed by atoms with Crippen LogP contribution in [0.3, 0.4) is 0 Å². The smallest absolute Gasteiger partial charge is 0.137 e. The van der Waals surface area contributed by atoms with E-state index in [0.717, 1.165) is 18.6 Å². The number of hydrogen-bond acceptors (Lipinski definition) is 1. The van der Waals surface area contributed by atoms with Gasteiger partial charge in [0.2, 0.25) is 0 Å². The fourth-order valence-corrected chi connectivity index (χ4v) is 2.99. The molecule has 1 nitrogen and oxygen atoms in total. The summed E-state index contributed by atoms with van der Waals surface area (Å²) in [6, 6.07) is 6.03. The van der Waals surface area contributed by atoms with Gasteiger partial charge in [0, 0.05) is 5.38 Å². The van der Waals surface area contributed by atoms with Gasteiger partial charge < -0.3 is 4.74 Å². The molecule has 3 atom stereocenters. The lowest BCUT2D eigenvalue weighted by Gasteiger charge is -2.18. The van der Waals surface area contributed by atoms with E-state index in [9.17, 15) is 0 Å². The topological polar surface area (TPSA) is 9.23 Å². The predicted molar refractivity (Wildman–Crippen MR) is 68.8 cm³/mol. The van der Waals surface area contributed by atoms with Crippen LogP contribution in [0, 0.1) is 5.92 Å². The first-order chi connectivity index (χ1) is 7.63. The van der Waals surface area contributed by atoms with Crippen LogP contribution in [-0.4, -0.2) is 12.5 Å². The summed E-state index contributed by atoms with van der Waals surface area (Å²) in [6.07, 6.45) is 2.25. The monoisotopic (exact) mass is 258 g/mol. The van der Waals surface area contributed by atoms with Crippen LogP contribution in [-0.2, 0) is 0 Å². The third kappa shape index (κ3) is 2.16. The van der Waals surface area contributed by atoms with E-state index in [1.165, 1.54) is 5.56 Å². The van der Waals surface area contributed by atoms with Crippen molar-refractivity contribution < 1.29 is 4.74 Å². The molecule has 0 heterocycles. The molecule has 0 bridgehead atoms. The maximum atomic E-state index is 6.25. The van der Waals surface area contributed by atoms with Crippen molar-refractivity contribution in [2.45, 2.75) is 31.1 Å². The maximum Gasteiger partial charge on any atom is 0.137 e. The molecule has 2 rings (SSSR count). The Morgan fingerprint density at radius 2 is 2.06 bits per heavy atom. The SMILES string of the molecule is COc1cc(C2CCC(Cl)C2C)ccc1Cl. The summed E-state index contributed by atoms with van der Waals surface area (Å²) >= 11 is 12.3. The van der Waals surface area contributed by atoms with Gasteiger partial charge in [0.25, 0.3) is 0 Å². The summed E-state index contributed by atoms with van der Waals surface area (Å²) in [7, 11) is 1.65. The van der Waals surface area contributed by atoms with Gasteiger partial charge in [0.05, 0.1) is 12.1 Å². The van der Waals surface area contributed by atoms with Crippen LogP contribution in [0.25, 0.3) is 0 Å². The second-order valence-corrected chi connectivity index (χ2v) is 5.42. The largest absolute Gasteiger partial charge is 0.495 e. The Hall–Kier alpha value is -0.400. The average molecular weight is 259 g/mol. The summed E-state index contributed by atoms with van der Waals surface area (Å²) in [5.41, 5.74) is 1.29. The van der Waals surface area contributed by atoms with E-state index in [1.807, 2.05) is 12.1 Å². The van der Waals surface area contributed by atoms with E-state index in [-0.39, 0.29) is 0 Å². The minimum Gasteiger partial charge on any atom is -0.495 e. The number of methoxy groups -OCH3 is 1. The summed E-state index contributed by atoms with van der Waals surface area (Å²) in [5, 5.41) is 0.964. The van der Waals surface area contributed by atoms with Crippen molar-refractivity contribution in [3.63, 3.8) is 0 Å². The van der Waals surface area contributed by atoms with Crippen LogP contribution in [0.15, 0.2) is 18.2 Å². The van der Waals surface area contributed by atoms with Crippen LogP contribution in [0.5, 0.6) is 5.75 Å². The molecule has 3 heteroatoms.